The van der Waals surface area contributed by atoms with E-state index in [0.717, 1.165) is 26.8 Å². The average Bonchev–Trinajstić information content (AvgIpc) is 3.05. The molecule has 4 aromatic rings. The molecule has 27 heavy (non-hydrogen) atoms. The van der Waals surface area contributed by atoms with Crippen molar-refractivity contribution in [3.8, 4) is 0 Å². The van der Waals surface area contributed by atoms with Crippen molar-refractivity contribution in [2.24, 2.45) is 5.10 Å². The third-order valence-corrected chi connectivity index (χ3v) is 5.70. The molecule has 1 heterocycles. The molecule has 0 radical (unpaired) electrons. The third kappa shape index (κ3) is 4.12. The van der Waals surface area contributed by atoms with E-state index in [9.17, 15) is 0 Å². The molecule has 0 unspecified atom stereocenters. The van der Waals surface area contributed by atoms with Crippen molar-refractivity contribution in [3.63, 3.8) is 0 Å². The summed E-state index contributed by atoms with van der Waals surface area (Å²) in [6.07, 6.45) is 1.88. The van der Waals surface area contributed by atoms with Gasteiger partial charge in [-0.25, -0.2) is 0 Å². The Labute approximate surface area is 170 Å². The minimum absolute atomic E-state index is 0.768. The molecule has 6 heteroatoms. The molecule has 1 aromatic heterocycles. The number of nitrogens with zero attached hydrogens (tertiary/aromatic N) is 4. The first-order chi connectivity index (χ1) is 13.2. The van der Waals surface area contributed by atoms with E-state index in [-0.39, 0.29) is 0 Å². The highest BCUT2D eigenvalue weighted by Gasteiger charge is 2.09. The van der Waals surface area contributed by atoms with Crippen LogP contribution in [0.4, 0.5) is 0 Å². The average molecular weight is 437 g/mol. The second-order valence-corrected chi connectivity index (χ2v) is 7.93. The number of thioether (sulfide) groups is 1. The summed E-state index contributed by atoms with van der Waals surface area (Å²) in [5.41, 5.74) is 2.30. The van der Waals surface area contributed by atoms with Gasteiger partial charge in [-0.3, -0.25) is 0 Å². The second-order valence-electron chi connectivity index (χ2n) is 6.07. The van der Waals surface area contributed by atoms with Crippen LogP contribution in [0.15, 0.2) is 81.5 Å². The molecule has 0 saturated heterocycles. The van der Waals surface area contributed by atoms with Crippen LogP contribution in [-0.4, -0.2) is 21.1 Å². The molecular weight excluding hydrogens is 420 g/mol. The summed E-state index contributed by atoms with van der Waals surface area (Å²) in [7, 11) is 0. The van der Waals surface area contributed by atoms with Gasteiger partial charge in [0.2, 0.25) is 5.16 Å². The highest BCUT2D eigenvalue weighted by molar-refractivity contribution is 9.10. The lowest BCUT2D eigenvalue weighted by Gasteiger charge is -2.04. The quantitative estimate of drug-likeness (QED) is 0.298. The summed E-state index contributed by atoms with van der Waals surface area (Å²) in [6.45, 7) is 1.91. The van der Waals surface area contributed by atoms with E-state index >= 15 is 0 Å². The predicted octanol–water partition coefficient (Wildman–Crippen LogP) is 5.68. The number of fused-ring (bicyclic) bond motifs is 1. The monoisotopic (exact) mass is 436 g/mol. The summed E-state index contributed by atoms with van der Waals surface area (Å²) in [6, 6.07) is 22.8. The van der Waals surface area contributed by atoms with Gasteiger partial charge in [-0.05, 0) is 35.4 Å². The van der Waals surface area contributed by atoms with Crippen LogP contribution in [0.1, 0.15) is 17.0 Å². The highest BCUT2D eigenvalue weighted by Crippen LogP contribution is 2.23. The summed E-state index contributed by atoms with van der Waals surface area (Å²) < 4.78 is 2.88. The van der Waals surface area contributed by atoms with Crippen molar-refractivity contribution in [2.75, 3.05) is 0 Å². The van der Waals surface area contributed by atoms with Crippen molar-refractivity contribution in [1.29, 1.82) is 0 Å². The Kier molecular flexibility index (Phi) is 5.36. The van der Waals surface area contributed by atoms with E-state index in [1.54, 1.807) is 16.4 Å². The topological polar surface area (TPSA) is 43.1 Å². The maximum atomic E-state index is 4.65. The molecule has 0 fully saturated rings. The molecule has 0 amide bonds. The molecule has 4 rings (SSSR count). The van der Waals surface area contributed by atoms with E-state index in [1.807, 2.05) is 43.5 Å². The summed E-state index contributed by atoms with van der Waals surface area (Å²) in [5, 5.41) is 16.3. The van der Waals surface area contributed by atoms with Gasteiger partial charge in [0.1, 0.15) is 0 Å². The highest BCUT2D eigenvalue weighted by atomic mass is 79.9. The second kappa shape index (κ2) is 8.06. The fourth-order valence-electron chi connectivity index (χ4n) is 2.77. The van der Waals surface area contributed by atoms with E-state index in [0.29, 0.717) is 0 Å². The molecule has 0 saturated carbocycles. The van der Waals surface area contributed by atoms with Crippen LogP contribution in [0.5, 0.6) is 0 Å². The zero-order valence-electron chi connectivity index (χ0n) is 14.7. The first-order valence-electron chi connectivity index (χ1n) is 8.52. The predicted molar refractivity (Wildman–Crippen MR) is 115 cm³/mol. The maximum Gasteiger partial charge on any atom is 0.212 e. The minimum Gasteiger partial charge on any atom is -0.192 e. The molecule has 0 N–H and O–H groups in total. The Bertz CT molecular complexity index is 1100. The fourth-order valence-corrected chi connectivity index (χ4v) is 3.93. The van der Waals surface area contributed by atoms with E-state index < -0.39 is 0 Å². The first kappa shape index (κ1) is 17.9. The number of aryl methyl sites for hydroxylation is 1. The van der Waals surface area contributed by atoms with Crippen LogP contribution in [0.2, 0.25) is 0 Å². The van der Waals surface area contributed by atoms with Gasteiger partial charge in [0.05, 0.1) is 6.21 Å². The number of halogens is 1. The van der Waals surface area contributed by atoms with Crippen molar-refractivity contribution in [1.82, 2.24) is 14.9 Å². The molecule has 0 bridgehead atoms. The smallest absolute Gasteiger partial charge is 0.192 e. The molecule has 0 atom stereocenters. The Balaban J connectivity index is 1.58. The van der Waals surface area contributed by atoms with Gasteiger partial charge in [-0.15, -0.1) is 10.2 Å². The van der Waals surface area contributed by atoms with Gasteiger partial charge >= 0.3 is 0 Å². The molecule has 0 aliphatic rings. The van der Waals surface area contributed by atoms with E-state index in [1.165, 1.54) is 16.3 Å². The van der Waals surface area contributed by atoms with Crippen LogP contribution in [-0.2, 0) is 5.75 Å². The van der Waals surface area contributed by atoms with Crippen molar-refractivity contribution in [2.45, 2.75) is 17.8 Å². The molecule has 3 aromatic carbocycles. The molecule has 4 nitrogen and oxygen atoms in total. The number of hydrogen-bond donors (Lipinski definition) is 0. The molecule has 0 aliphatic heterocycles. The molecule has 0 spiro atoms. The van der Waals surface area contributed by atoms with Gasteiger partial charge in [-0.1, -0.05) is 82.3 Å². The van der Waals surface area contributed by atoms with Gasteiger partial charge in [0.15, 0.2) is 5.82 Å². The summed E-state index contributed by atoms with van der Waals surface area (Å²) in [5.74, 6) is 1.58. The van der Waals surface area contributed by atoms with Crippen LogP contribution in [0.3, 0.4) is 0 Å². The Hall–Kier alpha value is -2.44. The Morgan fingerprint density at radius 2 is 1.78 bits per heavy atom. The third-order valence-electron chi connectivity index (χ3n) is 4.18. The molecule has 0 aliphatic carbocycles. The lowest BCUT2D eigenvalue weighted by atomic mass is 10.1. The standard InChI is InChI=1S/C21H17BrN4S/c1-15-24-25-21(27-14-16-9-11-19(22)12-10-16)26(15)23-13-18-7-4-6-17-5-2-3-8-20(17)18/h2-13H,14H2,1H3/b23-13+. The van der Waals surface area contributed by atoms with Crippen molar-refractivity contribution >= 4 is 44.7 Å². The summed E-state index contributed by atoms with van der Waals surface area (Å²) >= 11 is 5.09. The van der Waals surface area contributed by atoms with Crippen molar-refractivity contribution in [3.05, 3.63) is 88.2 Å². The lowest BCUT2D eigenvalue weighted by molar-refractivity contribution is 0.744. The van der Waals surface area contributed by atoms with E-state index in [4.69, 9.17) is 0 Å². The number of hydrogen-bond acceptors (Lipinski definition) is 4. The number of rotatable bonds is 5. The molecule has 134 valence electrons. The molecular formula is C21H17BrN4S. The minimum atomic E-state index is 0.768. The van der Waals surface area contributed by atoms with Crippen LogP contribution < -0.4 is 0 Å². The van der Waals surface area contributed by atoms with Crippen LogP contribution >= 0.6 is 27.7 Å². The summed E-state index contributed by atoms with van der Waals surface area (Å²) in [4.78, 5) is 0. The van der Waals surface area contributed by atoms with Crippen LogP contribution in [0.25, 0.3) is 10.8 Å². The normalized spacial score (nSPS) is 11.5. The van der Waals surface area contributed by atoms with Gasteiger partial charge < -0.3 is 0 Å². The van der Waals surface area contributed by atoms with Crippen LogP contribution in [0, 0.1) is 6.92 Å². The first-order valence-corrected chi connectivity index (χ1v) is 10.3. The maximum absolute atomic E-state index is 4.65. The largest absolute Gasteiger partial charge is 0.212 e. The lowest BCUT2D eigenvalue weighted by Crippen LogP contribution is -1.97. The number of aromatic nitrogens is 3. The number of benzene rings is 3. The zero-order chi connectivity index (χ0) is 18.6. The SMILES string of the molecule is Cc1nnc(SCc2ccc(Br)cc2)n1/N=C/c1cccc2ccccc12. The Morgan fingerprint density at radius 3 is 2.63 bits per heavy atom. The van der Waals surface area contributed by atoms with Crippen molar-refractivity contribution < 1.29 is 0 Å². The van der Waals surface area contributed by atoms with E-state index in [2.05, 4.69) is 67.6 Å². The van der Waals surface area contributed by atoms with Gasteiger partial charge in [0, 0.05) is 15.8 Å². The van der Waals surface area contributed by atoms with Gasteiger partial charge in [0.25, 0.3) is 0 Å². The van der Waals surface area contributed by atoms with Gasteiger partial charge in [-0.2, -0.15) is 9.78 Å². The Morgan fingerprint density at radius 1 is 1.00 bits per heavy atom. The zero-order valence-corrected chi connectivity index (χ0v) is 17.1. The fraction of sp³-hybridized carbons (Fsp3) is 0.0952.